The van der Waals surface area contributed by atoms with E-state index >= 15 is 0 Å². The zero-order chi connectivity index (χ0) is 11.4. The highest BCUT2D eigenvalue weighted by Crippen LogP contribution is 2.11. The lowest BCUT2D eigenvalue weighted by Crippen LogP contribution is -2.31. The quantitative estimate of drug-likeness (QED) is 0.739. The van der Waals surface area contributed by atoms with Crippen molar-refractivity contribution < 1.29 is 4.79 Å². The second kappa shape index (κ2) is 4.63. The van der Waals surface area contributed by atoms with Crippen molar-refractivity contribution in [2.75, 3.05) is 18.8 Å². The van der Waals surface area contributed by atoms with Crippen LogP contribution in [0.2, 0.25) is 0 Å². The number of aromatic nitrogens is 2. The van der Waals surface area contributed by atoms with Crippen LogP contribution in [0.4, 0.5) is 5.69 Å². The van der Waals surface area contributed by atoms with E-state index < -0.39 is 0 Å². The first-order valence-electron chi connectivity index (χ1n) is 4.79. The molecule has 0 aliphatic carbocycles. The third-order valence-electron chi connectivity index (χ3n) is 2.08. The van der Waals surface area contributed by atoms with Crippen LogP contribution in [-0.4, -0.2) is 33.7 Å². The zero-order valence-electron chi connectivity index (χ0n) is 9.10. The normalized spacial score (nSPS) is 10.0. The Balaban J connectivity index is 2.91. The second-order valence-electron chi connectivity index (χ2n) is 3.24. The highest BCUT2D eigenvalue weighted by Gasteiger charge is 2.18. The number of nitrogens with two attached hydrogens (primary N) is 1. The first-order valence-corrected chi connectivity index (χ1v) is 4.79. The molecule has 1 heterocycles. The number of nitrogen functional groups attached to an aromatic ring is 1. The maximum absolute atomic E-state index is 11.9. The third-order valence-corrected chi connectivity index (χ3v) is 2.08. The molecule has 0 radical (unpaired) electrons. The minimum absolute atomic E-state index is 0.157. The van der Waals surface area contributed by atoms with E-state index in [9.17, 15) is 4.79 Å². The Morgan fingerprint density at radius 1 is 1.80 bits per heavy atom. The number of rotatable bonds is 4. The van der Waals surface area contributed by atoms with E-state index in [2.05, 4.69) is 11.7 Å². The molecule has 1 aromatic rings. The van der Waals surface area contributed by atoms with Crippen molar-refractivity contribution in [3.05, 3.63) is 24.5 Å². The Kier molecular flexibility index (Phi) is 3.49. The first kappa shape index (κ1) is 11.3. The number of carbonyl (C=O) groups is 1. The fourth-order valence-corrected chi connectivity index (χ4v) is 1.33. The van der Waals surface area contributed by atoms with Gasteiger partial charge in [0.2, 0.25) is 0 Å². The van der Waals surface area contributed by atoms with E-state index in [-0.39, 0.29) is 5.91 Å². The van der Waals surface area contributed by atoms with Crippen molar-refractivity contribution in [2.24, 2.45) is 7.05 Å². The summed E-state index contributed by atoms with van der Waals surface area (Å²) in [6.45, 7) is 6.62. The molecule has 0 unspecified atom stereocenters. The highest BCUT2D eigenvalue weighted by molar-refractivity contribution is 5.97. The standard InChI is InChI=1S/C10H16N4O/c1-4-6-14(5-2)10(15)9-8(11)7-13(3)12-9/h4,7H,1,5-6,11H2,2-3H3. The van der Waals surface area contributed by atoms with Crippen LogP contribution in [0.25, 0.3) is 0 Å². The first-order chi connectivity index (χ1) is 7.10. The van der Waals surface area contributed by atoms with Gasteiger partial charge in [-0.1, -0.05) is 6.08 Å². The van der Waals surface area contributed by atoms with Gasteiger partial charge in [0.25, 0.3) is 5.91 Å². The Labute approximate surface area is 89.2 Å². The van der Waals surface area contributed by atoms with Crippen molar-refractivity contribution in [2.45, 2.75) is 6.92 Å². The SMILES string of the molecule is C=CCN(CC)C(=O)c1nn(C)cc1N. The van der Waals surface area contributed by atoms with Crippen LogP contribution < -0.4 is 5.73 Å². The van der Waals surface area contributed by atoms with E-state index in [0.717, 1.165) is 0 Å². The van der Waals surface area contributed by atoms with Gasteiger partial charge in [0.05, 0.1) is 5.69 Å². The van der Waals surface area contributed by atoms with E-state index in [0.29, 0.717) is 24.5 Å². The molecule has 0 saturated heterocycles. The summed E-state index contributed by atoms with van der Waals surface area (Å²) in [7, 11) is 1.73. The van der Waals surface area contributed by atoms with Crippen LogP contribution in [0.5, 0.6) is 0 Å². The lowest BCUT2D eigenvalue weighted by atomic mass is 10.3. The van der Waals surface area contributed by atoms with Crippen molar-refractivity contribution in [3.8, 4) is 0 Å². The van der Waals surface area contributed by atoms with E-state index in [1.54, 1.807) is 24.2 Å². The van der Waals surface area contributed by atoms with Crippen LogP contribution in [-0.2, 0) is 7.05 Å². The van der Waals surface area contributed by atoms with Crippen LogP contribution >= 0.6 is 0 Å². The molecule has 0 aliphatic heterocycles. The molecule has 2 N–H and O–H groups in total. The molecule has 0 spiro atoms. The number of amides is 1. The molecule has 1 aromatic heterocycles. The zero-order valence-corrected chi connectivity index (χ0v) is 9.10. The Morgan fingerprint density at radius 2 is 2.47 bits per heavy atom. The molecular formula is C10H16N4O. The lowest BCUT2D eigenvalue weighted by Gasteiger charge is -2.17. The molecule has 0 bridgehead atoms. The minimum atomic E-state index is -0.157. The molecule has 0 fully saturated rings. The van der Waals surface area contributed by atoms with Crippen LogP contribution in [0, 0.1) is 0 Å². The van der Waals surface area contributed by atoms with Gasteiger partial charge >= 0.3 is 0 Å². The topological polar surface area (TPSA) is 64.2 Å². The molecule has 82 valence electrons. The van der Waals surface area contributed by atoms with Gasteiger partial charge in [0.1, 0.15) is 0 Å². The average molecular weight is 208 g/mol. The maximum atomic E-state index is 11.9. The fourth-order valence-electron chi connectivity index (χ4n) is 1.33. The Bertz CT molecular complexity index is 369. The van der Waals surface area contributed by atoms with Gasteiger partial charge < -0.3 is 10.6 Å². The van der Waals surface area contributed by atoms with Gasteiger partial charge in [0, 0.05) is 26.3 Å². The highest BCUT2D eigenvalue weighted by atomic mass is 16.2. The summed E-state index contributed by atoms with van der Waals surface area (Å²) >= 11 is 0. The molecular weight excluding hydrogens is 192 g/mol. The van der Waals surface area contributed by atoms with Crippen molar-refractivity contribution >= 4 is 11.6 Å². The maximum Gasteiger partial charge on any atom is 0.276 e. The molecule has 0 atom stereocenters. The van der Waals surface area contributed by atoms with E-state index in [1.165, 1.54) is 4.68 Å². The molecule has 1 rings (SSSR count). The number of carbonyl (C=O) groups excluding carboxylic acids is 1. The Morgan fingerprint density at radius 3 is 2.87 bits per heavy atom. The minimum Gasteiger partial charge on any atom is -0.396 e. The summed E-state index contributed by atoms with van der Waals surface area (Å²) in [5.74, 6) is -0.157. The summed E-state index contributed by atoms with van der Waals surface area (Å²) in [5, 5.41) is 4.03. The van der Waals surface area contributed by atoms with Crippen molar-refractivity contribution in [1.82, 2.24) is 14.7 Å². The summed E-state index contributed by atoms with van der Waals surface area (Å²) in [5.41, 5.74) is 6.39. The van der Waals surface area contributed by atoms with E-state index in [1.807, 2.05) is 6.92 Å². The molecule has 0 aromatic carbocycles. The number of aryl methyl sites for hydroxylation is 1. The van der Waals surface area contributed by atoms with Crippen LogP contribution in [0.1, 0.15) is 17.4 Å². The Hall–Kier alpha value is -1.78. The molecule has 15 heavy (non-hydrogen) atoms. The van der Waals surface area contributed by atoms with Gasteiger partial charge in [0.15, 0.2) is 5.69 Å². The molecule has 1 amide bonds. The number of anilines is 1. The van der Waals surface area contributed by atoms with Gasteiger partial charge in [-0.25, -0.2) is 0 Å². The summed E-state index contributed by atoms with van der Waals surface area (Å²) in [6.07, 6.45) is 3.30. The molecule has 5 nitrogen and oxygen atoms in total. The number of likely N-dealkylation sites (N-methyl/N-ethyl adjacent to an activating group) is 1. The predicted octanol–water partition coefficient (Wildman–Crippen LogP) is 0.650. The van der Waals surface area contributed by atoms with Gasteiger partial charge in [-0.05, 0) is 6.92 Å². The van der Waals surface area contributed by atoms with Gasteiger partial charge in [-0.3, -0.25) is 9.48 Å². The fraction of sp³-hybridized carbons (Fsp3) is 0.400. The van der Waals surface area contributed by atoms with Crippen LogP contribution in [0.3, 0.4) is 0 Å². The molecule has 5 heteroatoms. The molecule has 0 saturated carbocycles. The summed E-state index contributed by atoms with van der Waals surface area (Å²) in [4.78, 5) is 13.6. The third kappa shape index (κ3) is 2.37. The van der Waals surface area contributed by atoms with Crippen LogP contribution in [0.15, 0.2) is 18.9 Å². The smallest absolute Gasteiger partial charge is 0.276 e. The average Bonchev–Trinajstić information content (AvgIpc) is 2.53. The van der Waals surface area contributed by atoms with Crippen molar-refractivity contribution in [3.63, 3.8) is 0 Å². The number of nitrogens with zero attached hydrogens (tertiary/aromatic N) is 3. The summed E-state index contributed by atoms with van der Waals surface area (Å²) < 4.78 is 1.53. The van der Waals surface area contributed by atoms with Crippen molar-refractivity contribution in [1.29, 1.82) is 0 Å². The lowest BCUT2D eigenvalue weighted by molar-refractivity contribution is 0.0776. The number of hydrogen-bond donors (Lipinski definition) is 1. The largest absolute Gasteiger partial charge is 0.396 e. The monoisotopic (exact) mass is 208 g/mol. The second-order valence-corrected chi connectivity index (χ2v) is 3.24. The predicted molar refractivity (Wildman–Crippen MR) is 59.4 cm³/mol. The summed E-state index contributed by atoms with van der Waals surface area (Å²) in [6, 6.07) is 0. The van der Waals surface area contributed by atoms with E-state index in [4.69, 9.17) is 5.73 Å². The van der Waals surface area contributed by atoms with Gasteiger partial charge in [-0.2, -0.15) is 5.10 Å². The molecule has 0 aliphatic rings. The van der Waals surface area contributed by atoms with Gasteiger partial charge in [-0.15, -0.1) is 6.58 Å². The number of hydrogen-bond acceptors (Lipinski definition) is 3.